The van der Waals surface area contributed by atoms with Gasteiger partial charge in [-0.1, -0.05) is 30.3 Å². The van der Waals surface area contributed by atoms with Gasteiger partial charge in [-0.25, -0.2) is 0 Å². The first-order valence-corrected chi connectivity index (χ1v) is 6.55. The molecule has 5 heteroatoms. The van der Waals surface area contributed by atoms with E-state index in [0.717, 1.165) is 16.3 Å². The molecular formula is C16H16NO4-. The first-order chi connectivity index (χ1) is 10.0. The molecule has 0 saturated heterocycles. The van der Waals surface area contributed by atoms with E-state index in [-0.39, 0.29) is 12.3 Å². The van der Waals surface area contributed by atoms with Gasteiger partial charge < -0.3 is 20.0 Å². The first-order valence-electron chi connectivity index (χ1n) is 6.55. The summed E-state index contributed by atoms with van der Waals surface area (Å²) in [5, 5.41) is 15.3. The van der Waals surface area contributed by atoms with Crippen LogP contribution in [0.3, 0.4) is 0 Å². The Bertz CT molecular complexity index is 665. The minimum atomic E-state index is -1.21. The van der Waals surface area contributed by atoms with Crippen molar-refractivity contribution in [3.05, 3.63) is 42.0 Å². The van der Waals surface area contributed by atoms with Gasteiger partial charge in [-0.05, 0) is 17.0 Å². The van der Waals surface area contributed by atoms with Crippen LogP contribution in [0.5, 0.6) is 5.75 Å². The molecule has 0 aliphatic carbocycles. The van der Waals surface area contributed by atoms with Gasteiger partial charge in [0.2, 0.25) is 5.91 Å². The van der Waals surface area contributed by atoms with Gasteiger partial charge in [0.05, 0.1) is 13.2 Å². The molecule has 0 fully saturated rings. The lowest BCUT2D eigenvalue weighted by atomic mass is 9.96. The Labute approximate surface area is 122 Å². The monoisotopic (exact) mass is 286 g/mol. The zero-order valence-electron chi connectivity index (χ0n) is 11.9. The van der Waals surface area contributed by atoms with Gasteiger partial charge in [0, 0.05) is 24.7 Å². The molecule has 0 aromatic heterocycles. The maximum atomic E-state index is 11.3. The quantitative estimate of drug-likeness (QED) is 0.894. The number of aliphatic carboxylic acids is 1. The molecule has 0 spiro atoms. The summed E-state index contributed by atoms with van der Waals surface area (Å²) in [5.41, 5.74) is 0.728. The number of carboxylic acid groups (broad SMARTS) is 1. The van der Waals surface area contributed by atoms with Crippen molar-refractivity contribution < 1.29 is 19.4 Å². The zero-order valence-corrected chi connectivity index (χ0v) is 11.9. The number of hydrogen-bond donors (Lipinski definition) is 1. The molecule has 0 radical (unpaired) electrons. The minimum absolute atomic E-state index is 0.282. The van der Waals surface area contributed by atoms with Crippen molar-refractivity contribution in [2.45, 2.75) is 19.4 Å². The maximum absolute atomic E-state index is 11.3. The van der Waals surface area contributed by atoms with Gasteiger partial charge in [-0.2, -0.15) is 0 Å². The summed E-state index contributed by atoms with van der Waals surface area (Å²) in [6, 6.07) is 10.4. The Morgan fingerprint density at radius 2 is 1.86 bits per heavy atom. The van der Waals surface area contributed by atoms with Crippen LogP contribution >= 0.6 is 0 Å². The summed E-state index contributed by atoms with van der Waals surface area (Å²) >= 11 is 0. The van der Waals surface area contributed by atoms with Crippen LogP contribution in [0.1, 0.15) is 24.9 Å². The maximum Gasteiger partial charge on any atom is 0.217 e. The van der Waals surface area contributed by atoms with Crippen molar-refractivity contribution >= 4 is 22.6 Å². The van der Waals surface area contributed by atoms with Crippen molar-refractivity contribution in [1.29, 1.82) is 0 Å². The smallest absolute Gasteiger partial charge is 0.217 e. The Morgan fingerprint density at radius 3 is 2.43 bits per heavy atom. The molecule has 0 heterocycles. The summed E-state index contributed by atoms with van der Waals surface area (Å²) in [6.07, 6.45) is -0.282. The van der Waals surface area contributed by atoms with Crippen LogP contribution in [0.15, 0.2) is 36.4 Å². The lowest BCUT2D eigenvalue weighted by Crippen LogP contribution is -2.33. The van der Waals surface area contributed by atoms with Gasteiger partial charge >= 0.3 is 0 Å². The molecule has 21 heavy (non-hydrogen) atoms. The second-order valence-electron chi connectivity index (χ2n) is 4.73. The molecule has 2 aromatic carbocycles. The summed E-state index contributed by atoms with van der Waals surface area (Å²) in [7, 11) is 1.58. The molecule has 110 valence electrons. The van der Waals surface area contributed by atoms with Crippen LogP contribution in [-0.4, -0.2) is 19.0 Å². The molecule has 0 aliphatic rings. The Balaban J connectivity index is 2.57. The highest BCUT2D eigenvalue weighted by Gasteiger charge is 2.17. The Morgan fingerprint density at radius 1 is 1.19 bits per heavy atom. The van der Waals surface area contributed by atoms with E-state index in [0.29, 0.717) is 5.75 Å². The van der Waals surface area contributed by atoms with Gasteiger partial charge in [0.25, 0.3) is 0 Å². The lowest BCUT2D eigenvalue weighted by Gasteiger charge is -2.21. The summed E-state index contributed by atoms with van der Waals surface area (Å²) < 4.78 is 5.31. The van der Waals surface area contributed by atoms with E-state index in [4.69, 9.17) is 4.74 Å². The molecule has 0 unspecified atom stereocenters. The van der Waals surface area contributed by atoms with Crippen LogP contribution in [-0.2, 0) is 9.59 Å². The molecule has 1 atom stereocenters. The number of hydrogen-bond acceptors (Lipinski definition) is 4. The van der Waals surface area contributed by atoms with E-state index in [1.165, 1.54) is 6.92 Å². The van der Waals surface area contributed by atoms with E-state index in [9.17, 15) is 14.7 Å². The first kappa shape index (κ1) is 14.8. The molecule has 5 nitrogen and oxygen atoms in total. The number of carbonyl (C=O) groups is 2. The third-order valence-electron chi connectivity index (χ3n) is 3.26. The number of rotatable bonds is 5. The standard InChI is InChI=1S/C16H17NO4/c1-10(18)17-14(9-16(19)20)12-7-8-15(21-2)13-6-4-3-5-11(12)13/h3-8,14H,9H2,1-2H3,(H,17,18)(H,19,20)/p-1/t14-/m0/s1. The Kier molecular flexibility index (Phi) is 4.42. The van der Waals surface area contributed by atoms with E-state index in [2.05, 4.69) is 5.32 Å². The SMILES string of the molecule is COc1ccc([C@H](CC(=O)[O-])NC(C)=O)c2ccccc12. The van der Waals surface area contributed by atoms with Crippen LogP contribution in [0.25, 0.3) is 10.8 Å². The highest BCUT2D eigenvalue weighted by Crippen LogP contribution is 2.32. The normalized spacial score (nSPS) is 11.9. The molecule has 1 N–H and O–H groups in total. The summed E-state index contributed by atoms with van der Waals surface area (Å²) in [6.45, 7) is 1.36. The number of ether oxygens (including phenoxy) is 1. The predicted molar refractivity (Wildman–Crippen MR) is 76.7 cm³/mol. The largest absolute Gasteiger partial charge is 0.550 e. The van der Waals surface area contributed by atoms with E-state index < -0.39 is 12.0 Å². The third-order valence-corrected chi connectivity index (χ3v) is 3.26. The number of nitrogens with one attached hydrogen (secondary N) is 1. The second-order valence-corrected chi connectivity index (χ2v) is 4.73. The van der Waals surface area contributed by atoms with Gasteiger partial charge in [0.1, 0.15) is 5.75 Å². The van der Waals surface area contributed by atoms with Gasteiger partial charge in [0.15, 0.2) is 0 Å². The molecule has 1 amide bonds. The molecule has 2 rings (SSSR count). The van der Waals surface area contributed by atoms with Gasteiger partial charge in [-0.15, -0.1) is 0 Å². The second kappa shape index (κ2) is 6.26. The van der Waals surface area contributed by atoms with E-state index in [1.54, 1.807) is 19.2 Å². The highest BCUT2D eigenvalue weighted by molar-refractivity contribution is 5.92. The molecular weight excluding hydrogens is 270 g/mol. The topological polar surface area (TPSA) is 78.5 Å². The molecule has 0 aliphatic heterocycles. The fourth-order valence-electron chi connectivity index (χ4n) is 2.43. The number of benzene rings is 2. The number of carboxylic acids is 1. The van der Waals surface area contributed by atoms with Crippen molar-refractivity contribution in [2.75, 3.05) is 7.11 Å². The third kappa shape index (κ3) is 3.31. The predicted octanol–water partition coefficient (Wildman–Crippen LogP) is 1.17. The van der Waals surface area contributed by atoms with Crippen LogP contribution < -0.4 is 15.2 Å². The fourth-order valence-corrected chi connectivity index (χ4v) is 2.43. The number of carbonyl (C=O) groups excluding carboxylic acids is 2. The lowest BCUT2D eigenvalue weighted by molar-refractivity contribution is -0.306. The van der Waals surface area contributed by atoms with Crippen LogP contribution in [0.2, 0.25) is 0 Å². The molecule has 2 aromatic rings. The fraction of sp³-hybridized carbons (Fsp3) is 0.250. The minimum Gasteiger partial charge on any atom is -0.550 e. The van der Waals surface area contributed by atoms with Gasteiger partial charge in [-0.3, -0.25) is 4.79 Å². The Hall–Kier alpha value is -2.56. The highest BCUT2D eigenvalue weighted by atomic mass is 16.5. The van der Waals surface area contributed by atoms with Crippen molar-refractivity contribution in [2.24, 2.45) is 0 Å². The molecule has 0 bridgehead atoms. The number of methoxy groups -OCH3 is 1. The summed E-state index contributed by atoms with van der Waals surface area (Å²) in [4.78, 5) is 22.3. The average Bonchev–Trinajstić information content (AvgIpc) is 2.44. The number of amides is 1. The van der Waals surface area contributed by atoms with Crippen molar-refractivity contribution in [1.82, 2.24) is 5.32 Å². The van der Waals surface area contributed by atoms with Crippen molar-refractivity contribution in [3.8, 4) is 5.75 Å². The summed E-state index contributed by atoms with van der Waals surface area (Å²) in [5.74, 6) is -0.806. The van der Waals surface area contributed by atoms with Crippen molar-refractivity contribution in [3.63, 3.8) is 0 Å². The van der Waals surface area contributed by atoms with E-state index in [1.807, 2.05) is 24.3 Å². The number of fused-ring (bicyclic) bond motifs is 1. The average molecular weight is 286 g/mol. The van der Waals surface area contributed by atoms with E-state index >= 15 is 0 Å². The van der Waals surface area contributed by atoms with Crippen LogP contribution in [0.4, 0.5) is 0 Å². The molecule has 0 saturated carbocycles. The zero-order chi connectivity index (χ0) is 15.4. The van der Waals surface area contributed by atoms with Crippen LogP contribution in [0, 0.1) is 0 Å².